The van der Waals surface area contributed by atoms with Gasteiger partial charge in [-0.2, -0.15) is 0 Å². The van der Waals surface area contributed by atoms with E-state index in [1.807, 2.05) is 21.9 Å². The molecule has 23 heavy (non-hydrogen) atoms. The maximum absolute atomic E-state index is 12.6. The smallest absolute Gasteiger partial charge is 0.255 e. The van der Waals surface area contributed by atoms with E-state index >= 15 is 0 Å². The highest BCUT2D eigenvalue weighted by Crippen LogP contribution is 2.23. The number of carbonyl (C=O) groups is 2. The molecule has 2 heterocycles. The monoisotopic (exact) mass is 315 g/mol. The van der Waals surface area contributed by atoms with Crippen LogP contribution in [0.4, 0.5) is 5.69 Å². The van der Waals surface area contributed by atoms with Crippen LogP contribution < -0.4 is 5.73 Å². The first-order chi connectivity index (χ1) is 11.1. The fourth-order valence-electron chi connectivity index (χ4n) is 3.55. The summed E-state index contributed by atoms with van der Waals surface area (Å²) in [6, 6.07) is 7.24. The van der Waals surface area contributed by atoms with Crippen molar-refractivity contribution in [2.24, 2.45) is 5.92 Å². The highest BCUT2D eigenvalue weighted by molar-refractivity contribution is 5.99. The summed E-state index contributed by atoms with van der Waals surface area (Å²) in [5.41, 5.74) is 7.04. The van der Waals surface area contributed by atoms with E-state index in [-0.39, 0.29) is 5.91 Å². The summed E-state index contributed by atoms with van der Waals surface area (Å²) in [5, 5.41) is 0. The fraction of sp³-hybridized carbons (Fsp3) is 0.556. The minimum absolute atomic E-state index is 0.0237. The summed E-state index contributed by atoms with van der Waals surface area (Å²) in [7, 11) is 0. The van der Waals surface area contributed by atoms with E-state index in [0.29, 0.717) is 29.5 Å². The Bertz CT molecular complexity index is 579. The molecular formula is C18H25N3O2. The number of likely N-dealkylation sites (tertiary alicyclic amines) is 2. The predicted octanol–water partition coefficient (Wildman–Crippen LogP) is 2.13. The van der Waals surface area contributed by atoms with Crippen LogP contribution in [0.1, 0.15) is 42.5 Å². The van der Waals surface area contributed by atoms with Gasteiger partial charge in [0.05, 0.1) is 5.56 Å². The molecule has 1 aromatic carbocycles. The van der Waals surface area contributed by atoms with Crippen molar-refractivity contribution in [1.82, 2.24) is 9.80 Å². The molecule has 0 aliphatic carbocycles. The molecule has 2 amide bonds. The maximum Gasteiger partial charge on any atom is 0.255 e. The normalized spacial score (nSPS) is 19.9. The Labute approximate surface area is 137 Å². The number of anilines is 1. The van der Waals surface area contributed by atoms with Crippen LogP contribution in [-0.2, 0) is 4.79 Å². The van der Waals surface area contributed by atoms with E-state index in [9.17, 15) is 9.59 Å². The maximum atomic E-state index is 12.6. The lowest BCUT2D eigenvalue weighted by Gasteiger charge is -2.36. The summed E-state index contributed by atoms with van der Waals surface area (Å²) in [6.07, 6.45) is 4.77. The number of carbonyl (C=O) groups excluding carboxylic acids is 2. The molecule has 2 aliphatic rings. The molecule has 0 unspecified atom stereocenters. The van der Waals surface area contributed by atoms with E-state index in [1.54, 1.807) is 12.1 Å². The van der Waals surface area contributed by atoms with Crippen LogP contribution >= 0.6 is 0 Å². The van der Waals surface area contributed by atoms with Crippen LogP contribution in [0.5, 0.6) is 0 Å². The lowest BCUT2D eigenvalue weighted by atomic mass is 9.94. The summed E-state index contributed by atoms with van der Waals surface area (Å²) in [5.74, 6) is 0.830. The first-order valence-electron chi connectivity index (χ1n) is 8.56. The fourth-order valence-corrected chi connectivity index (χ4v) is 3.55. The van der Waals surface area contributed by atoms with Crippen LogP contribution in [0.15, 0.2) is 24.3 Å². The molecule has 0 spiro atoms. The molecule has 0 radical (unpaired) electrons. The number of piperidine rings is 2. The molecule has 2 fully saturated rings. The molecule has 1 aromatic rings. The zero-order chi connectivity index (χ0) is 16.2. The van der Waals surface area contributed by atoms with Gasteiger partial charge in [-0.15, -0.1) is 0 Å². The van der Waals surface area contributed by atoms with E-state index in [1.165, 1.54) is 0 Å². The van der Waals surface area contributed by atoms with Gasteiger partial charge < -0.3 is 15.5 Å². The molecular weight excluding hydrogens is 290 g/mol. The number of rotatable bonds is 3. The van der Waals surface area contributed by atoms with Crippen molar-refractivity contribution in [3.05, 3.63) is 29.8 Å². The van der Waals surface area contributed by atoms with Crippen molar-refractivity contribution in [1.29, 1.82) is 0 Å². The molecule has 124 valence electrons. The molecule has 5 nitrogen and oxygen atoms in total. The van der Waals surface area contributed by atoms with Crippen molar-refractivity contribution < 1.29 is 9.59 Å². The van der Waals surface area contributed by atoms with Gasteiger partial charge in [-0.3, -0.25) is 9.59 Å². The van der Waals surface area contributed by atoms with Gasteiger partial charge in [0.25, 0.3) is 5.91 Å². The number of nitrogens with two attached hydrogens (primary N) is 1. The topological polar surface area (TPSA) is 66.6 Å². The Kier molecular flexibility index (Phi) is 4.84. The molecule has 2 aliphatic heterocycles. The number of hydrogen-bond acceptors (Lipinski definition) is 3. The average Bonchev–Trinajstić information content (AvgIpc) is 2.57. The van der Waals surface area contributed by atoms with E-state index in [0.717, 1.165) is 51.9 Å². The molecule has 0 aromatic heterocycles. The van der Waals surface area contributed by atoms with E-state index in [2.05, 4.69) is 0 Å². The number of nitrogens with zero attached hydrogens (tertiary/aromatic N) is 2. The standard InChI is InChI=1S/C18H25N3O2/c19-16-6-2-1-5-15(16)18(23)20-11-8-14(9-12-20)13-21-10-4-3-7-17(21)22/h1-2,5-6,14H,3-4,7-13,19H2. The van der Waals surface area contributed by atoms with Crippen LogP contribution in [-0.4, -0.2) is 47.8 Å². The van der Waals surface area contributed by atoms with Crippen molar-refractivity contribution >= 4 is 17.5 Å². The lowest BCUT2D eigenvalue weighted by Crippen LogP contribution is -2.44. The summed E-state index contributed by atoms with van der Waals surface area (Å²) < 4.78 is 0. The second-order valence-corrected chi connectivity index (χ2v) is 6.62. The SMILES string of the molecule is Nc1ccccc1C(=O)N1CCC(CN2CCCCC2=O)CC1. The van der Waals surface area contributed by atoms with Gasteiger partial charge in [-0.05, 0) is 43.7 Å². The lowest BCUT2D eigenvalue weighted by molar-refractivity contribution is -0.134. The Hall–Kier alpha value is -2.04. The number of para-hydroxylation sites is 1. The molecule has 0 saturated carbocycles. The Morgan fingerprint density at radius 2 is 1.87 bits per heavy atom. The average molecular weight is 315 g/mol. The Morgan fingerprint density at radius 1 is 1.13 bits per heavy atom. The van der Waals surface area contributed by atoms with Gasteiger partial charge in [-0.25, -0.2) is 0 Å². The zero-order valence-electron chi connectivity index (χ0n) is 13.5. The van der Waals surface area contributed by atoms with Crippen molar-refractivity contribution in [2.75, 3.05) is 31.9 Å². The van der Waals surface area contributed by atoms with Crippen LogP contribution in [0.2, 0.25) is 0 Å². The predicted molar refractivity (Wildman–Crippen MR) is 89.9 cm³/mol. The summed E-state index contributed by atoms with van der Waals surface area (Å²) >= 11 is 0. The third-order valence-electron chi connectivity index (χ3n) is 4.99. The number of benzene rings is 1. The first-order valence-corrected chi connectivity index (χ1v) is 8.56. The third kappa shape index (κ3) is 3.66. The van der Waals surface area contributed by atoms with Gasteiger partial charge in [0.1, 0.15) is 0 Å². The van der Waals surface area contributed by atoms with Crippen LogP contribution in [0.25, 0.3) is 0 Å². The molecule has 2 N–H and O–H groups in total. The quantitative estimate of drug-likeness (QED) is 0.869. The number of amides is 2. The summed E-state index contributed by atoms with van der Waals surface area (Å²) in [4.78, 5) is 28.4. The highest BCUT2D eigenvalue weighted by Gasteiger charge is 2.27. The largest absolute Gasteiger partial charge is 0.398 e. The highest BCUT2D eigenvalue weighted by atomic mass is 16.2. The van der Waals surface area contributed by atoms with Gasteiger partial charge in [0.2, 0.25) is 5.91 Å². The van der Waals surface area contributed by atoms with Crippen molar-refractivity contribution in [2.45, 2.75) is 32.1 Å². The van der Waals surface area contributed by atoms with Crippen molar-refractivity contribution in [3.8, 4) is 0 Å². The molecule has 3 rings (SSSR count). The zero-order valence-corrected chi connectivity index (χ0v) is 13.5. The Balaban J connectivity index is 1.53. The van der Waals surface area contributed by atoms with Gasteiger partial charge in [-0.1, -0.05) is 12.1 Å². The summed E-state index contributed by atoms with van der Waals surface area (Å²) in [6.45, 7) is 3.26. The number of hydrogen-bond donors (Lipinski definition) is 1. The molecule has 0 atom stereocenters. The van der Waals surface area contributed by atoms with Gasteiger partial charge in [0.15, 0.2) is 0 Å². The van der Waals surface area contributed by atoms with Crippen LogP contribution in [0.3, 0.4) is 0 Å². The van der Waals surface area contributed by atoms with Gasteiger partial charge in [0, 0.05) is 38.3 Å². The van der Waals surface area contributed by atoms with Crippen LogP contribution in [0, 0.1) is 5.92 Å². The third-order valence-corrected chi connectivity index (χ3v) is 4.99. The Morgan fingerprint density at radius 3 is 2.57 bits per heavy atom. The minimum Gasteiger partial charge on any atom is -0.398 e. The van der Waals surface area contributed by atoms with E-state index < -0.39 is 0 Å². The second-order valence-electron chi connectivity index (χ2n) is 6.62. The van der Waals surface area contributed by atoms with Gasteiger partial charge >= 0.3 is 0 Å². The van der Waals surface area contributed by atoms with E-state index in [4.69, 9.17) is 5.73 Å². The molecule has 0 bridgehead atoms. The number of nitrogen functional groups attached to an aromatic ring is 1. The minimum atomic E-state index is 0.0237. The molecule has 5 heteroatoms. The first kappa shape index (κ1) is 15.8. The second kappa shape index (κ2) is 7.02. The van der Waals surface area contributed by atoms with Crippen molar-refractivity contribution in [3.63, 3.8) is 0 Å². The molecule has 2 saturated heterocycles.